The minimum atomic E-state index is 1.34. The Balaban J connectivity index is 2.22. The molecule has 0 N–H and O–H groups in total. The molecule has 0 aromatic rings. The first kappa shape index (κ1) is 4.77. The molecule has 3 heterocycles. The van der Waals surface area contributed by atoms with Crippen molar-refractivity contribution in [2.24, 2.45) is 0 Å². The lowest BCUT2D eigenvalue weighted by Crippen LogP contribution is -2.66. The van der Waals surface area contributed by atoms with Gasteiger partial charge in [0.15, 0.2) is 0 Å². The maximum Gasteiger partial charge on any atom is 0.216 e. The fraction of sp³-hybridized carbons (Fsp3) is 1.00. The fourth-order valence-electron chi connectivity index (χ4n) is 2.37. The maximum absolute atomic E-state index is 2.35. The highest BCUT2D eigenvalue weighted by Gasteiger charge is 2.57. The molecule has 2 bridgehead atoms. The average molecular weight is 114 g/mol. The first-order valence-corrected chi connectivity index (χ1v) is 3.29. The van der Waals surface area contributed by atoms with Crippen LogP contribution in [0.1, 0.15) is 0 Å². The summed E-state index contributed by atoms with van der Waals surface area (Å²) in [5.41, 5.74) is 0. The third kappa shape index (κ3) is 0.400. The van der Waals surface area contributed by atoms with Gasteiger partial charge in [-0.25, -0.2) is 8.97 Å². The van der Waals surface area contributed by atoms with E-state index in [9.17, 15) is 0 Å². The van der Waals surface area contributed by atoms with E-state index in [1.807, 2.05) is 0 Å². The van der Waals surface area contributed by atoms with Gasteiger partial charge in [-0.15, -0.1) is 0 Å². The second-order valence-corrected chi connectivity index (χ2v) is 3.97. The summed E-state index contributed by atoms with van der Waals surface area (Å²) in [6.07, 6.45) is 0. The molecular weight excluding hydrogens is 100 g/mol. The largest absolute Gasteiger partial charge is 0.229 e. The molecule has 3 aliphatic rings. The van der Waals surface area contributed by atoms with Gasteiger partial charge in [0.25, 0.3) is 0 Å². The summed E-state index contributed by atoms with van der Waals surface area (Å²) in [4.78, 5) is 0. The lowest BCUT2D eigenvalue weighted by molar-refractivity contribution is -1.20. The predicted molar refractivity (Wildman–Crippen MR) is 31.8 cm³/mol. The van der Waals surface area contributed by atoms with Crippen molar-refractivity contribution in [2.45, 2.75) is 0 Å². The Kier molecular flexibility index (Phi) is 0.570. The molecule has 0 aliphatic carbocycles. The van der Waals surface area contributed by atoms with Crippen LogP contribution in [0.15, 0.2) is 0 Å². The van der Waals surface area contributed by atoms with Crippen LogP contribution in [0.4, 0.5) is 0 Å². The van der Waals surface area contributed by atoms with Gasteiger partial charge >= 0.3 is 0 Å². The molecule has 3 aliphatic heterocycles. The Labute approximate surface area is 50.5 Å². The molecule has 0 aromatic heterocycles. The van der Waals surface area contributed by atoms with Crippen molar-refractivity contribution >= 4 is 0 Å². The normalized spacial score (nSPS) is 60.8. The number of hydrogen-bond acceptors (Lipinski definition) is 0. The van der Waals surface area contributed by atoms with Crippen LogP contribution in [-0.4, -0.2) is 49.5 Å². The van der Waals surface area contributed by atoms with Crippen molar-refractivity contribution in [3.63, 3.8) is 0 Å². The zero-order valence-electron chi connectivity index (χ0n) is 5.72. The van der Waals surface area contributed by atoms with Gasteiger partial charge in [-0.05, 0) is 0 Å². The molecule has 0 unspecified atom stereocenters. The van der Waals surface area contributed by atoms with Crippen molar-refractivity contribution in [2.75, 3.05) is 40.5 Å². The molecule has 46 valence electrons. The third-order valence-electron chi connectivity index (χ3n) is 2.55. The van der Waals surface area contributed by atoms with Crippen LogP contribution >= 0.6 is 0 Å². The lowest BCUT2D eigenvalue weighted by atomic mass is 10.4. The van der Waals surface area contributed by atoms with Crippen molar-refractivity contribution in [3.8, 4) is 0 Å². The molecule has 0 amide bonds. The molecule has 2 nitrogen and oxygen atoms in total. The number of nitrogens with zero attached hydrogens (tertiary/aromatic N) is 2. The standard InChI is InChI=1S/C6H14N2/c1-7-3-4-8(2,5-7)6-7/h3-6H2,1-2H3/q+2. The van der Waals surface area contributed by atoms with E-state index in [0.717, 1.165) is 0 Å². The monoisotopic (exact) mass is 114 g/mol. The molecule has 8 heavy (non-hydrogen) atoms. The Morgan fingerprint density at radius 2 is 1.25 bits per heavy atom. The van der Waals surface area contributed by atoms with E-state index in [2.05, 4.69) is 14.1 Å². The summed E-state index contributed by atoms with van der Waals surface area (Å²) in [5.74, 6) is 0. The van der Waals surface area contributed by atoms with Crippen molar-refractivity contribution in [3.05, 3.63) is 0 Å². The number of hydrogen-bond donors (Lipinski definition) is 0. The van der Waals surface area contributed by atoms with E-state index < -0.39 is 0 Å². The van der Waals surface area contributed by atoms with Crippen LogP contribution in [0, 0.1) is 0 Å². The minimum Gasteiger partial charge on any atom is -0.229 e. The molecular formula is C6H14N2+2. The summed E-state index contributed by atoms with van der Waals surface area (Å²) in [6.45, 7) is 5.60. The molecule has 3 saturated heterocycles. The quantitative estimate of drug-likeness (QED) is 0.383. The van der Waals surface area contributed by atoms with E-state index in [4.69, 9.17) is 0 Å². The summed E-state index contributed by atoms with van der Waals surface area (Å²) >= 11 is 0. The van der Waals surface area contributed by atoms with E-state index in [1.165, 1.54) is 35.4 Å². The highest BCUT2D eigenvalue weighted by molar-refractivity contribution is 4.50. The molecule has 3 fully saturated rings. The van der Waals surface area contributed by atoms with Gasteiger partial charge in [-0.3, -0.25) is 0 Å². The van der Waals surface area contributed by atoms with Crippen molar-refractivity contribution in [1.29, 1.82) is 0 Å². The van der Waals surface area contributed by atoms with Gasteiger partial charge in [-0.1, -0.05) is 0 Å². The van der Waals surface area contributed by atoms with Crippen LogP contribution in [-0.2, 0) is 0 Å². The SMILES string of the molecule is C[N+]12CC[N+](C)(C1)C2. The first-order valence-electron chi connectivity index (χ1n) is 3.29. The highest BCUT2D eigenvalue weighted by atomic mass is 15.7. The zero-order chi connectivity index (χ0) is 5.83. The van der Waals surface area contributed by atoms with Crippen molar-refractivity contribution < 1.29 is 8.97 Å². The van der Waals surface area contributed by atoms with Gasteiger partial charge in [0.05, 0.1) is 14.1 Å². The van der Waals surface area contributed by atoms with Gasteiger partial charge in [0, 0.05) is 0 Å². The molecule has 0 spiro atoms. The Morgan fingerprint density at radius 1 is 0.875 bits per heavy atom. The van der Waals surface area contributed by atoms with Gasteiger partial charge in [0.1, 0.15) is 13.1 Å². The highest BCUT2D eigenvalue weighted by Crippen LogP contribution is 2.31. The van der Waals surface area contributed by atoms with Crippen LogP contribution < -0.4 is 0 Å². The zero-order valence-corrected chi connectivity index (χ0v) is 5.72. The van der Waals surface area contributed by atoms with E-state index in [-0.39, 0.29) is 0 Å². The Morgan fingerprint density at radius 3 is 1.38 bits per heavy atom. The molecule has 0 aromatic carbocycles. The lowest BCUT2D eigenvalue weighted by Gasteiger charge is -2.42. The van der Waals surface area contributed by atoms with E-state index >= 15 is 0 Å². The molecule has 0 radical (unpaired) electrons. The van der Waals surface area contributed by atoms with Gasteiger partial charge < -0.3 is 0 Å². The van der Waals surface area contributed by atoms with Gasteiger partial charge in [0.2, 0.25) is 13.3 Å². The van der Waals surface area contributed by atoms with Crippen LogP contribution in [0.2, 0.25) is 0 Å². The molecule has 0 saturated carbocycles. The van der Waals surface area contributed by atoms with Crippen molar-refractivity contribution in [1.82, 2.24) is 0 Å². The first-order chi connectivity index (χ1) is 3.62. The Bertz CT molecular complexity index is 110. The summed E-state index contributed by atoms with van der Waals surface area (Å²) < 4.78 is 2.69. The Hall–Kier alpha value is -0.0800. The number of fused-ring (bicyclic) bond motifs is 1. The second kappa shape index (κ2) is 0.957. The smallest absolute Gasteiger partial charge is 0.216 e. The van der Waals surface area contributed by atoms with Crippen LogP contribution in [0.25, 0.3) is 0 Å². The van der Waals surface area contributed by atoms with Crippen LogP contribution in [0.5, 0.6) is 0 Å². The summed E-state index contributed by atoms with van der Waals surface area (Å²) in [5, 5.41) is 0. The third-order valence-corrected chi connectivity index (χ3v) is 2.55. The fourth-order valence-corrected chi connectivity index (χ4v) is 2.37. The maximum atomic E-state index is 2.35. The molecule has 0 atom stereocenters. The molecule has 2 heteroatoms. The minimum absolute atomic E-state index is 1.34. The van der Waals surface area contributed by atoms with Gasteiger partial charge in [-0.2, -0.15) is 0 Å². The predicted octanol–water partition coefficient (Wildman–Crippen LogP) is -0.178. The number of quaternary nitrogens is 2. The van der Waals surface area contributed by atoms with Crippen LogP contribution in [0.3, 0.4) is 0 Å². The van der Waals surface area contributed by atoms with E-state index in [0.29, 0.717) is 0 Å². The number of rotatable bonds is 0. The summed E-state index contributed by atoms with van der Waals surface area (Å²) in [7, 11) is 4.71. The molecule has 3 rings (SSSR count). The van der Waals surface area contributed by atoms with E-state index in [1.54, 1.807) is 0 Å². The second-order valence-electron chi connectivity index (χ2n) is 3.97. The number of likely N-dealkylation sites (N-methyl/N-ethyl adjacent to an activating group) is 2. The average Bonchev–Trinajstić information content (AvgIpc) is 1.88. The topological polar surface area (TPSA) is 0 Å². The summed E-state index contributed by atoms with van der Waals surface area (Å²) in [6, 6.07) is 0.